The molecule has 1 atom stereocenters. The van der Waals surface area contributed by atoms with Crippen LogP contribution in [0.5, 0.6) is 0 Å². The molecule has 0 saturated carbocycles. The van der Waals surface area contributed by atoms with Crippen LogP contribution in [0, 0.1) is 0 Å². The molecule has 1 aliphatic rings. The average molecular weight is 390 g/mol. The van der Waals surface area contributed by atoms with E-state index in [0.717, 1.165) is 9.61 Å². The molecule has 0 aromatic carbocycles. The molecule has 1 saturated heterocycles. The van der Waals surface area contributed by atoms with E-state index in [1.165, 1.54) is 11.3 Å². The Balaban J connectivity index is 2.24. The Morgan fingerprint density at radius 1 is 1.41 bits per heavy atom. The van der Waals surface area contributed by atoms with Crippen molar-refractivity contribution in [1.29, 1.82) is 0 Å². The van der Waals surface area contributed by atoms with Gasteiger partial charge in [-0.25, -0.2) is 4.98 Å². The Kier molecular flexibility index (Phi) is 5.36. The highest BCUT2D eigenvalue weighted by atomic mass is 79.9. The van der Waals surface area contributed by atoms with E-state index in [-0.39, 0.29) is 18.2 Å². The molecule has 2 rings (SSSR count). The van der Waals surface area contributed by atoms with Crippen molar-refractivity contribution < 1.29 is 18.8 Å². The lowest BCUT2D eigenvalue weighted by Crippen LogP contribution is -2.41. The first kappa shape index (κ1) is 17.9. The molecule has 1 unspecified atom stereocenters. The van der Waals surface area contributed by atoms with Crippen molar-refractivity contribution in [2.45, 2.75) is 58.1 Å². The quantitative estimate of drug-likeness (QED) is 0.569. The zero-order chi connectivity index (χ0) is 16.5. The molecule has 8 heteroatoms. The molecule has 0 N–H and O–H groups in total. The molecule has 1 aromatic rings. The summed E-state index contributed by atoms with van der Waals surface area (Å²) < 4.78 is 18.0. The number of nitrogens with zero attached hydrogens (tertiary/aromatic N) is 1. The molecule has 1 aliphatic heterocycles. The van der Waals surface area contributed by atoms with E-state index >= 15 is 0 Å². The molecule has 5 nitrogen and oxygen atoms in total. The monoisotopic (exact) mass is 389 g/mol. The van der Waals surface area contributed by atoms with Gasteiger partial charge in [-0.2, -0.15) is 0 Å². The minimum atomic E-state index is -0.525. The third kappa shape index (κ3) is 3.72. The fourth-order valence-electron chi connectivity index (χ4n) is 2.23. The molecule has 0 amide bonds. The fraction of sp³-hybridized carbons (Fsp3) is 0.714. The molecule has 1 fully saturated rings. The highest BCUT2D eigenvalue weighted by molar-refractivity contribution is 9.11. The minimum absolute atomic E-state index is 0.181. The Hall–Kier alpha value is -0.435. The smallest absolute Gasteiger partial charge is 0.466 e. The average Bonchev–Trinajstić information content (AvgIpc) is 2.89. The van der Waals surface area contributed by atoms with Crippen LogP contribution in [0.15, 0.2) is 9.30 Å². The van der Waals surface area contributed by atoms with Crippen LogP contribution >= 0.6 is 27.3 Å². The number of hydrogen-bond donors (Lipinski definition) is 0. The first-order valence-electron chi connectivity index (χ1n) is 7.28. The molecule has 1 aromatic heterocycles. The fourth-order valence-corrected chi connectivity index (χ4v) is 3.31. The van der Waals surface area contributed by atoms with Crippen LogP contribution in [-0.4, -0.2) is 35.9 Å². The van der Waals surface area contributed by atoms with E-state index in [2.05, 4.69) is 20.9 Å². The van der Waals surface area contributed by atoms with Gasteiger partial charge in [0, 0.05) is 11.2 Å². The summed E-state index contributed by atoms with van der Waals surface area (Å²) in [6.07, 6.45) is 0.181. The normalized spacial score (nSPS) is 20.9. The Bertz CT molecular complexity index is 533. The van der Waals surface area contributed by atoms with Crippen molar-refractivity contribution in [2.75, 3.05) is 6.61 Å². The minimum Gasteiger partial charge on any atom is -0.466 e. The maximum absolute atomic E-state index is 11.9. The summed E-state index contributed by atoms with van der Waals surface area (Å²) in [6.45, 7) is 10.1. The van der Waals surface area contributed by atoms with E-state index in [0.29, 0.717) is 6.61 Å². The van der Waals surface area contributed by atoms with Gasteiger partial charge in [0.2, 0.25) is 0 Å². The zero-order valence-electron chi connectivity index (χ0n) is 13.5. The molecule has 0 radical (unpaired) electrons. The van der Waals surface area contributed by atoms with Crippen molar-refractivity contribution in [2.24, 2.45) is 0 Å². The maximum Gasteiger partial charge on any atom is 0.468 e. The first-order valence-corrected chi connectivity index (χ1v) is 8.95. The van der Waals surface area contributed by atoms with Crippen LogP contribution < -0.4 is 0 Å². The number of carbonyl (C=O) groups excluding carboxylic acids is 1. The van der Waals surface area contributed by atoms with Crippen LogP contribution in [0.2, 0.25) is 0 Å². The Morgan fingerprint density at radius 2 is 2.00 bits per heavy atom. The summed E-state index contributed by atoms with van der Waals surface area (Å²) >= 11 is 4.83. The lowest BCUT2D eigenvalue weighted by atomic mass is 9.68. The zero-order valence-corrected chi connectivity index (χ0v) is 15.9. The Labute approximate surface area is 144 Å². The van der Waals surface area contributed by atoms with Crippen molar-refractivity contribution in [3.8, 4) is 0 Å². The number of aromatic nitrogens is 1. The number of ether oxygens (including phenoxy) is 1. The van der Waals surface area contributed by atoms with E-state index in [1.807, 2.05) is 33.1 Å². The van der Waals surface area contributed by atoms with Crippen LogP contribution in [0.3, 0.4) is 0 Å². The predicted molar refractivity (Wildman–Crippen MR) is 89.9 cm³/mol. The molecular weight excluding hydrogens is 369 g/mol. The third-order valence-corrected chi connectivity index (χ3v) is 5.55. The molecule has 2 heterocycles. The third-order valence-electron chi connectivity index (χ3n) is 4.17. The molecule has 0 bridgehead atoms. The molecule has 0 spiro atoms. The number of halogens is 1. The van der Waals surface area contributed by atoms with Gasteiger partial charge in [-0.3, -0.25) is 4.79 Å². The second kappa shape index (κ2) is 6.59. The Morgan fingerprint density at radius 3 is 2.45 bits per heavy atom. The maximum atomic E-state index is 11.9. The van der Waals surface area contributed by atoms with Crippen molar-refractivity contribution in [3.63, 3.8) is 0 Å². The lowest BCUT2D eigenvalue weighted by molar-refractivity contribution is -0.143. The number of carbonyl (C=O) groups is 1. The summed E-state index contributed by atoms with van der Waals surface area (Å²) in [7, 11) is -0.525. The standard InChI is InChI=1S/C14H21BBrNO4S/c1-6-19-11(18)7-9(10-8-22-12(16)17-10)15-20-13(2,3)14(4,5)21-15/h8-9H,6-7H2,1-5H3. The highest BCUT2D eigenvalue weighted by Crippen LogP contribution is 2.42. The van der Waals surface area contributed by atoms with Crippen LogP contribution in [0.4, 0.5) is 0 Å². The number of thiazole rings is 1. The van der Waals surface area contributed by atoms with Gasteiger partial charge < -0.3 is 14.0 Å². The van der Waals surface area contributed by atoms with E-state index in [4.69, 9.17) is 14.0 Å². The van der Waals surface area contributed by atoms with Crippen LogP contribution in [0.1, 0.15) is 52.6 Å². The van der Waals surface area contributed by atoms with Crippen molar-refractivity contribution in [1.82, 2.24) is 4.98 Å². The summed E-state index contributed by atoms with van der Waals surface area (Å²) in [5.74, 6) is -0.561. The molecule has 22 heavy (non-hydrogen) atoms. The van der Waals surface area contributed by atoms with Gasteiger partial charge in [-0.05, 0) is 50.5 Å². The molecule has 0 aliphatic carbocycles. The van der Waals surface area contributed by atoms with Crippen LogP contribution in [0.25, 0.3) is 0 Å². The number of esters is 1. The summed E-state index contributed by atoms with van der Waals surface area (Å²) in [6, 6.07) is 0. The second-order valence-electron chi connectivity index (χ2n) is 6.27. The van der Waals surface area contributed by atoms with Gasteiger partial charge >= 0.3 is 13.1 Å². The summed E-state index contributed by atoms with van der Waals surface area (Å²) in [5, 5.41) is 1.92. The van der Waals surface area contributed by atoms with Gasteiger partial charge in [-0.1, -0.05) is 0 Å². The van der Waals surface area contributed by atoms with E-state index < -0.39 is 18.3 Å². The van der Waals surface area contributed by atoms with E-state index in [1.54, 1.807) is 6.92 Å². The SMILES string of the molecule is CCOC(=O)CC(B1OC(C)(C)C(C)(C)O1)c1csc(Br)n1. The van der Waals surface area contributed by atoms with Gasteiger partial charge in [-0.15, -0.1) is 11.3 Å². The van der Waals surface area contributed by atoms with Gasteiger partial charge in [0.15, 0.2) is 3.92 Å². The van der Waals surface area contributed by atoms with E-state index in [9.17, 15) is 4.79 Å². The number of rotatable bonds is 5. The van der Waals surface area contributed by atoms with Crippen LogP contribution in [-0.2, 0) is 18.8 Å². The summed E-state index contributed by atoms with van der Waals surface area (Å²) in [4.78, 5) is 16.4. The second-order valence-corrected chi connectivity index (χ2v) is 8.40. The van der Waals surface area contributed by atoms with Gasteiger partial charge in [0.1, 0.15) is 0 Å². The largest absolute Gasteiger partial charge is 0.468 e. The highest BCUT2D eigenvalue weighted by Gasteiger charge is 2.54. The van der Waals surface area contributed by atoms with Crippen molar-refractivity contribution in [3.05, 3.63) is 15.0 Å². The summed E-state index contributed by atoms with van der Waals surface area (Å²) in [5.41, 5.74) is -0.112. The van der Waals surface area contributed by atoms with Gasteiger partial charge in [0.25, 0.3) is 0 Å². The molecular formula is C14H21BBrNO4S. The number of hydrogen-bond acceptors (Lipinski definition) is 6. The topological polar surface area (TPSA) is 57.7 Å². The van der Waals surface area contributed by atoms with Gasteiger partial charge in [0.05, 0.1) is 29.9 Å². The predicted octanol–water partition coefficient (Wildman–Crippen LogP) is 3.57. The van der Waals surface area contributed by atoms with Crippen molar-refractivity contribution >= 4 is 40.4 Å². The lowest BCUT2D eigenvalue weighted by Gasteiger charge is -2.32. The molecule has 122 valence electrons. The first-order chi connectivity index (χ1) is 10.2.